The lowest BCUT2D eigenvalue weighted by molar-refractivity contribution is -0.147. The number of thioether (sulfide) groups is 1. The van der Waals surface area contributed by atoms with Crippen LogP contribution in [0.4, 0.5) is 0 Å². The van der Waals surface area contributed by atoms with E-state index < -0.39 is 11.5 Å². The van der Waals surface area contributed by atoms with Gasteiger partial charge in [-0.05, 0) is 31.2 Å². The molecule has 128 valence electrons. The van der Waals surface area contributed by atoms with Crippen molar-refractivity contribution >= 4 is 34.7 Å². The van der Waals surface area contributed by atoms with E-state index in [1.165, 1.54) is 0 Å². The quantitative estimate of drug-likeness (QED) is 0.838. The van der Waals surface area contributed by atoms with E-state index >= 15 is 0 Å². The average Bonchev–Trinajstić information content (AvgIpc) is 3.15. The van der Waals surface area contributed by atoms with E-state index in [0.717, 1.165) is 29.7 Å². The van der Waals surface area contributed by atoms with Gasteiger partial charge in [-0.1, -0.05) is 25.0 Å². The lowest BCUT2D eigenvalue weighted by atomic mass is 9.98. The van der Waals surface area contributed by atoms with Gasteiger partial charge in [-0.15, -0.1) is 0 Å². The van der Waals surface area contributed by atoms with Gasteiger partial charge in [0, 0.05) is 0 Å². The van der Waals surface area contributed by atoms with Crippen molar-refractivity contribution < 1.29 is 14.7 Å². The van der Waals surface area contributed by atoms with E-state index in [1.54, 1.807) is 11.8 Å². The molecule has 0 saturated heterocycles. The molecule has 1 aromatic carbocycles. The lowest BCUT2D eigenvalue weighted by Crippen LogP contribution is -2.53. The van der Waals surface area contributed by atoms with Gasteiger partial charge in [0.15, 0.2) is 0 Å². The van der Waals surface area contributed by atoms with Crippen LogP contribution < -0.4 is 5.32 Å². The monoisotopic (exact) mass is 347 g/mol. The first-order valence-electron chi connectivity index (χ1n) is 8.03. The zero-order chi connectivity index (χ0) is 17.2. The molecule has 1 aliphatic carbocycles. The van der Waals surface area contributed by atoms with Gasteiger partial charge in [0.2, 0.25) is 5.91 Å². The fraction of sp³-hybridized carbons (Fsp3) is 0.471. The highest BCUT2D eigenvalue weighted by Crippen LogP contribution is 2.30. The van der Waals surface area contributed by atoms with Gasteiger partial charge in [0.25, 0.3) is 0 Å². The second kappa shape index (κ2) is 6.84. The SMILES string of the molecule is CSCc1nc2ccccc2n1CC(=O)NC1(C(=O)O)CCCC1. The van der Waals surface area contributed by atoms with Crippen LogP contribution in [0.5, 0.6) is 0 Å². The topological polar surface area (TPSA) is 84.2 Å². The Bertz CT molecular complexity index is 766. The number of hydrogen-bond donors (Lipinski definition) is 2. The number of carbonyl (C=O) groups is 2. The van der Waals surface area contributed by atoms with Crippen LogP contribution in [0.15, 0.2) is 24.3 Å². The van der Waals surface area contributed by atoms with E-state index in [4.69, 9.17) is 0 Å². The summed E-state index contributed by atoms with van der Waals surface area (Å²) < 4.78 is 1.88. The van der Waals surface area contributed by atoms with E-state index in [2.05, 4.69) is 10.3 Å². The van der Waals surface area contributed by atoms with Crippen LogP contribution >= 0.6 is 11.8 Å². The summed E-state index contributed by atoms with van der Waals surface area (Å²) in [6.45, 7) is 0.0887. The predicted octanol–water partition coefficient (Wildman–Crippen LogP) is 2.41. The predicted molar refractivity (Wildman–Crippen MR) is 93.9 cm³/mol. The number of aliphatic carboxylic acids is 1. The van der Waals surface area contributed by atoms with Crippen molar-refractivity contribution in [3.63, 3.8) is 0 Å². The Kier molecular flexibility index (Phi) is 4.80. The minimum atomic E-state index is -1.10. The fourth-order valence-electron chi connectivity index (χ4n) is 3.36. The molecule has 0 radical (unpaired) electrons. The van der Waals surface area contributed by atoms with Gasteiger partial charge < -0.3 is 15.0 Å². The third-order valence-corrected chi connectivity index (χ3v) is 5.10. The number of carboxylic acid groups (broad SMARTS) is 1. The summed E-state index contributed by atoms with van der Waals surface area (Å²) in [6, 6.07) is 7.68. The summed E-state index contributed by atoms with van der Waals surface area (Å²) in [5.41, 5.74) is 0.642. The standard InChI is InChI=1S/C17H21N3O3S/c1-24-11-14-18-12-6-2-3-7-13(12)20(14)10-15(21)19-17(16(22)23)8-4-5-9-17/h2-3,6-7H,4-5,8-11H2,1H3,(H,19,21)(H,22,23). The number of carboxylic acids is 1. The van der Waals surface area contributed by atoms with E-state index in [-0.39, 0.29) is 12.5 Å². The highest BCUT2D eigenvalue weighted by atomic mass is 32.2. The zero-order valence-electron chi connectivity index (χ0n) is 13.6. The van der Waals surface area contributed by atoms with Crippen LogP contribution in [0, 0.1) is 0 Å². The Balaban J connectivity index is 1.85. The Morgan fingerprint density at radius 3 is 2.71 bits per heavy atom. The van der Waals surface area contributed by atoms with Gasteiger partial charge in [-0.2, -0.15) is 11.8 Å². The molecule has 1 amide bonds. The Morgan fingerprint density at radius 2 is 2.04 bits per heavy atom. The van der Waals surface area contributed by atoms with Crippen molar-refractivity contribution in [2.45, 2.75) is 43.5 Å². The van der Waals surface area contributed by atoms with Crippen molar-refractivity contribution in [3.05, 3.63) is 30.1 Å². The summed E-state index contributed by atoms with van der Waals surface area (Å²) in [5, 5.41) is 12.3. The van der Waals surface area contributed by atoms with Crippen molar-refractivity contribution in [3.8, 4) is 0 Å². The molecule has 6 nitrogen and oxygen atoms in total. The second-order valence-corrected chi connectivity index (χ2v) is 7.04. The number of nitrogens with zero attached hydrogens (tertiary/aromatic N) is 2. The molecule has 24 heavy (non-hydrogen) atoms. The molecule has 0 atom stereocenters. The van der Waals surface area contributed by atoms with Crippen molar-refractivity contribution in [1.82, 2.24) is 14.9 Å². The first-order chi connectivity index (χ1) is 11.6. The van der Waals surface area contributed by atoms with Crippen LogP contribution in [0.3, 0.4) is 0 Å². The first-order valence-corrected chi connectivity index (χ1v) is 9.42. The van der Waals surface area contributed by atoms with E-state index in [9.17, 15) is 14.7 Å². The molecule has 3 rings (SSSR count). The molecule has 1 aliphatic rings. The maximum atomic E-state index is 12.5. The number of fused-ring (bicyclic) bond motifs is 1. The highest BCUT2D eigenvalue weighted by Gasteiger charge is 2.42. The normalized spacial score (nSPS) is 16.4. The minimum absolute atomic E-state index is 0.0887. The van der Waals surface area contributed by atoms with Gasteiger partial charge in [-0.3, -0.25) is 4.79 Å². The van der Waals surface area contributed by atoms with Gasteiger partial charge in [-0.25, -0.2) is 9.78 Å². The molecule has 1 aromatic heterocycles. The largest absolute Gasteiger partial charge is 0.480 e. The molecule has 0 spiro atoms. The third kappa shape index (κ3) is 3.13. The number of amides is 1. The molecular weight excluding hydrogens is 326 g/mol. The van der Waals surface area contributed by atoms with Crippen LogP contribution in [0.1, 0.15) is 31.5 Å². The number of nitrogens with one attached hydrogen (secondary N) is 1. The molecule has 2 N–H and O–H groups in total. The minimum Gasteiger partial charge on any atom is -0.480 e. The maximum absolute atomic E-state index is 12.5. The van der Waals surface area contributed by atoms with Gasteiger partial charge in [0.1, 0.15) is 17.9 Å². The molecule has 0 bridgehead atoms. The van der Waals surface area contributed by atoms with Crippen LogP contribution in [-0.4, -0.2) is 38.3 Å². The molecule has 1 saturated carbocycles. The van der Waals surface area contributed by atoms with Gasteiger partial charge >= 0.3 is 5.97 Å². The number of hydrogen-bond acceptors (Lipinski definition) is 4. The summed E-state index contributed by atoms with van der Waals surface area (Å²) in [6.07, 6.45) is 4.64. The number of carbonyl (C=O) groups excluding carboxylic acids is 1. The highest BCUT2D eigenvalue weighted by molar-refractivity contribution is 7.97. The van der Waals surface area contributed by atoms with Crippen molar-refractivity contribution in [1.29, 1.82) is 0 Å². The Hall–Kier alpha value is -2.02. The van der Waals surface area contributed by atoms with Crippen molar-refractivity contribution in [2.75, 3.05) is 6.26 Å². The number of aromatic nitrogens is 2. The Labute approximate surface area is 144 Å². The molecule has 2 aromatic rings. The second-order valence-electron chi connectivity index (χ2n) is 6.18. The van der Waals surface area contributed by atoms with Gasteiger partial charge in [0.05, 0.1) is 16.8 Å². The molecule has 0 unspecified atom stereocenters. The summed E-state index contributed by atoms with van der Waals surface area (Å²) in [7, 11) is 0. The Morgan fingerprint density at radius 1 is 1.33 bits per heavy atom. The molecular formula is C17H21N3O3S. The molecule has 7 heteroatoms. The van der Waals surface area contributed by atoms with Crippen molar-refractivity contribution in [2.24, 2.45) is 0 Å². The zero-order valence-corrected chi connectivity index (χ0v) is 14.4. The van der Waals surface area contributed by atoms with E-state index in [0.29, 0.717) is 18.6 Å². The number of imidazole rings is 1. The molecule has 0 aliphatic heterocycles. The maximum Gasteiger partial charge on any atom is 0.329 e. The van der Waals surface area contributed by atoms with Crippen LogP contribution in [0.2, 0.25) is 0 Å². The smallest absolute Gasteiger partial charge is 0.329 e. The lowest BCUT2D eigenvalue weighted by Gasteiger charge is -2.25. The number of benzene rings is 1. The number of para-hydroxylation sites is 2. The summed E-state index contributed by atoms with van der Waals surface area (Å²) in [5.74, 6) is 0.319. The molecule has 1 fully saturated rings. The molecule has 1 heterocycles. The average molecular weight is 347 g/mol. The third-order valence-electron chi connectivity index (χ3n) is 4.55. The van der Waals surface area contributed by atoms with Crippen LogP contribution in [-0.2, 0) is 21.9 Å². The van der Waals surface area contributed by atoms with E-state index in [1.807, 2.05) is 35.1 Å². The fourth-order valence-corrected chi connectivity index (χ4v) is 3.84. The number of rotatable bonds is 6. The van der Waals surface area contributed by atoms with Crippen LogP contribution in [0.25, 0.3) is 11.0 Å². The first kappa shape index (κ1) is 16.8. The summed E-state index contributed by atoms with van der Waals surface area (Å²) >= 11 is 1.64. The summed E-state index contributed by atoms with van der Waals surface area (Å²) in [4.78, 5) is 28.7.